The van der Waals surface area contributed by atoms with E-state index < -0.39 is 0 Å². The number of hydrogen-bond donors (Lipinski definition) is 2. The summed E-state index contributed by atoms with van der Waals surface area (Å²) in [6.45, 7) is 4.29. The average molecular weight is 387 g/mol. The molecule has 0 radical (unpaired) electrons. The summed E-state index contributed by atoms with van der Waals surface area (Å²) in [7, 11) is 0. The van der Waals surface area contributed by atoms with Gasteiger partial charge in [0.1, 0.15) is 0 Å². The first-order chi connectivity index (χ1) is 13.1. The van der Waals surface area contributed by atoms with Gasteiger partial charge in [-0.05, 0) is 49.4 Å². The van der Waals surface area contributed by atoms with Crippen molar-refractivity contribution in [2.75, 3.05) is 5.32 Å². The predicted octanol–water partition coefficient (Wildman–Crippen LogP) is 3.77. The van der Waals surface area contributed by atoms with Crippen LogP contribution < -0.4 is 10.9 Å². The fraction of sp³-hybridized carbons (Fsp3) is 0.474. The molecule has 0 saturated heterocycles. The van der Waals surface area contributed by atoms with Crippen molar-refractivity contribution in [2.24, 2.45) is 0 Å². The van der Waals surface area contributed by atoms with Crippen LogP contribution in [-0.4, -0.2) is 24.5 Å². The van der Waals surface area contributed by atoms with Crippen LogP contribution in [-0.2, 0) is 13.0 Å². The molecule has 1 aliphatic carbocycles. The molecule has 142 valence electrons. The van der Waals surface area contributed by atoms with Crippen LogP contribution in [0.4, 0.5) is 5.82 Å². The molecule has 27 heavy (non-hydrogen) atoms. The molecule has 0 bridgehead atoms. The number of halogens is 1. The minimum Gasteiger partial charge on any atom is -0.364 e. The van der Waals surface area contributed by atoms with Gasteiger partial charge in [-0.3, -0.25) is 4.79 Å². The molecular formula is C19H23ClN6O. The predicted molar refractivity (Wildman–Crippen MR) is 106 cm³/mol. The van der Waals surface area contributed by atoms with E-state index in [1.165, 1.54) is 12.8 Å². The van der Waals surface area contributed by atoms with Gasteiger partial charge in [-0.15, -0.1) is 0 Å². The van der Waals surface area contributed by atoms with Crippen LogP contribution in [0.25, 0.3) is 11.2 Å². The lowest BCUT2D eigenvalue weighted by Crippen LogP contribution is -2.20. The number of pyridine rings is 1. The van der Waals surface area contributed by atoms with E-state index in [4.69, 9.17) is 11.6 Å². The SMILES string of the molecule is CCc1cc(C)[nH]c(=O)c1CNc1nc(Cl)nc2c1ncn2C1CCCC1. The van der Waals surface area contributed by atoms with Gasteiger partial charge >= 0.3 is 0 Å². The zero-order chi connectivity index (χ0) is 19.0. The Morgan fingerprint density at radius 2 is 2.11 bits per heavy atom. The zero-order valence-corrected chi connectivity index (χ0v) is 16.3. The van der Waals surface area contributed by atoms with Crippen LogP contribution in [0.5, 0.6) is 0 Å². The van der Waals surface area contributed by atoms with Crippen molar-refractivity contribution in [1.29, 1.82) is 0 Å². The van der Waals surface area contributed by atoms with E-state index >= 15 is 0 Å². The van der Waals surface area contributed by atoms with Gasteiger partial charge in [0.25, 0.3) is 5.56 Å². The van der Waals surface area contributed by atoms with E-state index in [0.29, 0.717) is 29.5 Å². The Hall–Kier alpha value is -2.41. The molecule has 0 unspecified atom stereocenters. The second kappa shape index (κ2) is 7.31. The van der Waals surface area contributed by atoms with Gasteiger partial charge in [0, 0.05) is 23.8 Å². The molecule has 3 aromatic heterocycles. The Bertz CT molecular complexity index is 1030. The molecule has 4 rings (SSSR count). The number of nitrogens with zero attached hydrogens (tertiary/aromatic N) is 4. The number of aromatic amines is 1. The van der Waals surface area contributed by atoms with Gasteiger partial charge in [-0.1, -0.05) is 19.8 Å². The Morgan fingerprint density at radius 1 is 1.33 bits per heavy atom. The molecule has 0 atom stereocenters. The summed E-state index contributed by atoms with van der Waals surface area (Å²) in [4.78, 5) is 28.5. The Morgan fingerprint density at radius 3 is 2.85 bits per heavy atom. The van der Waals surface area contributed by atoms with Crippen molar-refractivity contribution < 1.29 is 0 Å². The minimum absolute atomic E-state index is 0.0766. The summed E-state index contributed by atoms with van der Waals surface area (Å²) < 4.78 is 2.11. The highest BCUT2D eigenvalue weighted by Gasteiger charge is 2.21. The quantitative estimate of drug-likeness (QED) is 0.651. The largest absolute Gasteiger partial charge is 0.364 e. The normalized spacial score (nSPS) is 14.9. The highest BCUT2D eigenvalue weighted by atomic mass is 35.5. The molecule has 3 heterocycles. The lowest BCUT2D eigenvalue weighted by Gasteiger charge is -2.13. The molecule has 3 aromatic rings. The van der Waals surface area contributed by atoms with Crippen LogP contribution in [0.15, 0.2) is 17.2 Å². The topological polar surface area (TPSA) is 88.5 Å². The number of imidazole rings is 1. The summed E-state index contributed by atoms with van der Waals surface area (Å²) in [6.07, 6.45) is 7.34. The molecule has 0 aliphatic heterocycles. The average Bonchev–Trinajstić information content (AvgIpc) is 3.29. The monoisotopic (exact) mass is 386 g/mol. The molecular weight excluding hydrogens is 364 g/mol. The maximum Gasteiger partial charge on any atom is 0.253 e. The number of anilines is 1. The number of rotatable bonds is 5. The maximum absolute atomic E-state index is 12.4. The lowest BCUT2D eigenvalue weighted by atomic mass is 10.1. The van der Waals surface area contributed by atoms with E-state index in [0.717, 1.165) is 36.2 Å². The van der Waals surface area contributed by atoms with Gasteiger partial charge in [-0.25, -0.2) is 4.98 Å². The highest BCUT2D eigenvalue weighted by Crippen LogP contribution is 2.33. The number of hydrogen-bond acceptors (Lipinski definition) is 5. The van der Waals surface area contributed by atoms with Crippen LogP contribution >= 0.6 is 11.6 Å². The van der Waals surface area contributed by atoms with Crippen LogP contribution in [0.1, 0.15) is 55.5 Å². The van der Waals surface area contributed by atoms with E-state index in [2.05, 4.69) is 29.8 Å². The van der Waals surface area contributed by atoms with Gasteiger partial charge in [0.05, 0.1) is 6.33 Å². The van der Waals surface area contributed by atoms with E-state index in [9.17, 15) is 4.79 Å². The molecule has 0 spiro atoms. The van der Waals surface area contributed by atoms with Crippen molar-refractivity contribution in [3.63, 3.8) is 0 Å². The second-order valence-electron chi connectivity index (χ2n) is 7.10. The standard InChI is InChI=1S/C19H23ClN6O/c1-3-12-8-11(2)23-18(27)14(12)9-21-16-15-17(25-19(20)24-16)26(10-22-15)13-6-4-5-7-13/h8,10,13H,3-7,9H2,1-2H3,(H,23,27)(H,21,24,25). The number of nitrogens with one attached hydrogen (secondary N) is 2. The molecule has 7 nitrogen and oxygen atoms in total. The molecule has 2 N–H and O–H groups in total. The summed E-state index contributed by atoms with van der Waals surface area (Å²) in [5.74, 6) is 0.559. The van der Waals surface area contributed by atoms with Crippen LogP contribution in [0.3, 0.4) is 0 Å². The first kappa shape index (κ1) is 18.0. The van der Waals surface area contributed by atoms with E-state index in [1.54, 1.807) is 0 Å². The number of fused-ring (bicyclic) bond motifs is 1. The fourth-order valence-corrected chi connectivity index (χ4v) is 4.09. The number of H-pyrrole nitrogens is 1. The van der Waals surface area contributed by atoms with Crippen LogP contribution in [0.2, 0.25) is 5.28 Å². The minimum atomic E-state index is -0.0766. The van der Waals surface area contributed by atoms with E-state index in [-0.39, 0.29) is 10.8 Å². The van der Waals surface area contributed by atoms with Gasteiger partial charge in [-0.2, -0.15) is 9.97 Å². The summed E-state index contributed by atoms with van der Waals surface area (Å²) in [6, 6.07) is 2.43. The van der Waals surface area contributed by atoms with Crippen molar-refractivity contribution in [3.05, 3.63) is 44.9 Å². The first-order valence-electron chi connectivity index (χ1n) is 9.42. The van der Waals surface area contributed by atoms with E-state index in [1.807, 2.05) is 26.2 Å². The number of aryl methyl sites for hydroxylation is 2. The lowest BCUT2D eigenvalue weighted by molar-refractivity contribution is 0.529. The van der Waals surface area contributed by atoms with Gasteiger partial charge in [0.2, 0.25) is 5.28 Å². The molecule has 1 fully saturated rings. The maximum atomic E-state index is 12.4. The summed E-state index contributed by atoms with van der Waals surface area (Å²) in [5.41, 5.74) is 3.96. The Labute approximate surface area is 162 Å². The third kappa shape index (κ3) is 3.43. The molecule has 0 amide bonds. The fourth-order valence-electron chi connectivity index (χ4n) is 3.93. The Balaban J connectivity index is 1.68. The third-order valence-corrected chi connectivity index (χ3v) is 5.46. The summed E-state index contributed by atoms with van der Waals surface area (Å²) in [5, 5.41) is 3.43. The van der Waals surface area contributed by atoms with Crippen LogP contribution in [0, 0.1) is 6.92 Å². The molecule has 8 heteroatoms. The van der Waals surface area contributed by atoms with Crippen molar-refractivity contribution in [1.82, 2.24) is 24.5 Å². The smallest absolute Gasteiger partial charge is 0.253 e. The Kier molecular flexibility index (Phi) is 4.86. The zero-order valence-electron chi connectivity index (χ0n) is 15.5. The van der Waals surface area contributed by atoms with Crippen molar-refractivity contribution in [2.45, 2.75) is 58.5 Å². The van der Waals surface area contributed by atoms with Crippen molar-refractivity contribution in [3.8, 4) is 0 Å². The van der Waals surface area contributed by atoms with Crippen molar-refractivity contribution >= 4 is 28.6 Å². The second-order valence-corrected chi connectivity index (χ2v) is 7.43. The van der Waals surface area contributed by atoms with Gasteiger partial charge in [0.15, 0.2) is 17.0 Å². The summed E-state index contributed by atoms with van der Waals surface area (Å²) >= 11 is 6.18. The highest BCUT2D eigenvalue weighted by molar-refractivity contribution is 6.28. The third-order valence-electron chi connectivity index (χ3n) is 5.29. The first-order valence-corrected chi connectivity index (χ1v) is 9.80. The molecule has 1 saturated carbocycles. The number of aromatic nitrogens is 5. The van der Waals surface area contributed by atoms with Gasteiger partial charge < -0.3 is 14.9 Å². The molecule has 0 aromatic carbocycles. The molecule has 1 aliphatic rings.